The molecule has 0 aromatic rings. The summed E-state index contributed by atoms with van der Waals surface area (Å²) in [7, 11) is 0. The first-order chi connectivity index (χ1) is 4.10. The fourth-order valence-electron chi connectivity index (χ4n) is 0.567. The quantitative estimate of drug-likeness (QED) is 0.485. The maximum absolute atomic E-state index is 12.2. The van der Waals surface area contributed by atoms with Crippen molar-refractivity contribution < 1.29 is 9.13 Å². The van der Waals surface area contributed by atoms with E-state index in [0.717, 1.165) is 6.26 Å². The number of hydrogen-bond donors (Lipinski definition) is 0. The van der Waals surface area contributed by atoms with E-state index in [4.69, 9.17) is 4.74 Å². The van der Waals surface area contributed by atoms with Crippen molar-refractivity contribution in [1.29, 1.82) is 0 Å². The lowest BCUT2D eigenvalue weighted by atomic mass is 10.1. The number of rotatable bonds is 0. The number of halogens is 1. The SMILES string of the molecule is CC1(C)C=CC(F)=CO1. The van der Waals surface area contributed by atoms with Crippen LogP contribution < -0.4 is 0 Å². The highest BCUT2D eigenvalue weighted by molar-refractivity contribution is 5.17. The zero-order chi connectivity index (χ0) is 6.91. The molecule has 1 nitrogen and oxygen atoms in total. The van der Waals surface area contributed by atoms with Crippen molar-refractivity contribution in [2.24, 2.45) is 0 Å². The normalized spacial score (nSPS) is 22.8. The van der Waals surface area contributed by atoms with E-state index in [1.54, 1.807) is 6.08 Å². The van der Waals surface area contributed by atoms with E-state index in [1.165, 1.54) is 6.08 Å². The van der Waals surface area contributed by atoms with Crippen LogP contribution in [0.15, 0.2) is 24.2 Å². The lowest BCUT2D eigenvalue weighted by Gasteiger charge is -2.22. The van der Waals surface area contributed by atoms with Gasteiger partial charge in [0.25, 0.3) is 0 Å². The first-order valence-electron chi connectivity index (χ1n) is 2.83. The van der Waals surface area contributed by atoms with Crippen LogP contribution >= 0.6 is 0 Å². The molecule has 0 saturated heterocycles. The minimum Gasteiger partial charge on any atom is -0.488 e. The maximum Gasteiger partial charge on any atom is 0.157 e. The molecule has 0 radical (unpaired) electrons. The molecule has 0 bridgehead atoms. The topological polar surface area (TPSA) is 9.23 Å². The Hall–Kier alpha value is -0.790. The zero-order valence-corrected chi connectivity index (χ0v) is 5.52. The Bertz CT molecular complexity index is 168. The van der Waals surface area contributed by atoms with Gasteiger partial charge >= 0.3 is 0 Å². The molecule has 0 atom stereocenters. The molecule has 0 N–H and O–H groups in total. The molecule has 0 aromatic carbocycles. The van der Waals surface area contributed by atoms with Crippen LogP contribution in [0.4, 0.5) is 4.39 Å². The second-order valence-corrected chi connectivity index (χ2v) is 2.56. The fourth-order valence-corrected chi connectivity index (χ4v) is 0.567. The summed E-state index contributed by atoms with van der Waals surface area (Å²) in [6.45, 7) is 3.74. The maximum atomic E-state index is 12.2. The summed E-state index contributed by atoms with van der Waals surface area (Å²) in [5.74, 6) is -0.325. The molecule has 2 heteroatoms. The van der Waals surface area contributed by atoms with Crippen molar-refractivity contribution in [2.45, 2.75) is 19.4 Å². The summed E-state index contributed by atoms with van der Waals surface area (Å²) in [4.78, 5) is 0. The van der Waals surface area contributed by atoms with Crippen molar-refractivity contribution >= 4 is 0 Å². The van der Waals surface area contributed by atoms with E-state index in [-0.39, 0.29) is 11.4 Å². The predicted octanol–water partition coefficient (Wildman–Crippen LogP) is 2.16. The van der Waals surface area contributed by atoms with Crippen LogP contribution in [0.2, 0.25) is 0 Å². The molecule has 0 fully saturated rings. The Morgan fingerprint density at radius 2 is 2.22 bits per heavy atom. The van der Waals surface area contributed by atoms with Gasteiger partial charge < -0.3 is 4.74 Å². The minimum absolute atomic E-state index is 0.325. The largest absolute Gasteiger partial charge is 0.488 e. The standard InChI is InChI=1S/C7H9FO/c1-7(2)4-3-6(8)5-9-7/h3-5H,1-2H3. The van der Waals surface area contributed by atoms with E-state index in [1.807, 2.05) is 13.8 Å². The van der Waals surface area contributed by atoms with Gasteiger partial charge in [-0.25, -0.2) is 4.39 Å². The zero-order valence-electron chi connectivity index (χ0n) is 5.52. The van der Waals surface area contributed by atoms with Crippen LogP contribution in [-0.4, -0.2) is 5.60 Å². The molecule has 0 unspecified atom stereocenters. The predicted molar refractivity (Wildman–Crippen MR) is 33.5 cm³/mol. The molecule has 1 aliphatic rings. The second-order valence-electron chi connectivity index (χ2n) is 2.56. The summed E-state index contributed by atoms with van der Waals surface area (Å²) in [5, 5.41) is 0. The van der Waals surface area contributed by atoms with E-state index in [9.17, 15) is 4.39 Å². The molecule has 0 aliphatic carbocycles. The Labute approximate surface area is 53.8 Å². The smallest absolute Gasteiger partial charge is 0.157 e. The van der Waals surface area contributed by atoms with Crippen LogP contribution in [0, 0.1) is 0 Å². The average Bonchev–Trinajstić information content (AvgIpc) is 1.78. The van der Waals surface area contributed by atoms with Gasteiger partial charge in [-0.2, -0.15) is 0 Å². The summed E-state index contributed by atoms with van der Waals surface area (Å²) < 4.78 is 17.1. The number of hydrogen-bond acceptors (Lipinski definition) is 1. The molecule has 0 spiro atoms. The van der Waals surface area contributed by atoms with Crippen LogP contribution in [0.5, 0.6) is 0 Å². The molecule has 0 amide bonds. The van der Waals surface area contributed by atoms with Crippen molar-refractivity contribution in [3.63, 3.8) is 0 Å². The van der Waals surface area contributed by atoms with Crippen LogP contribution in [-0.2, 0) is 4.74 Å². The molecule has 0 saturated carbocycles. The fraction of sp³-hybridized carbons (Fsp3) is 0.429. The number of allylic oxidation sites excluding steroid dienone is 2. The summed E-state index contributed by atoms with van der Waals surface area (Å²) >= 11 is 0. The molecular formula is C7H9FO. The van der Waals surface area contributed by atoms with Gasteiger partial charge in [0.05, 0.1) is 0 Å². The third-order valence-corrected chi connectivity index (χ3v) is 1.12. The van der Waals surface area contributed by atoms with Gasteiger partial charge in [-0.3, -0.25) is 0 Å². The first-order valence-corrected chi connectivity index (χ1v) is 2.83. The minimum atomic E-state index is -0.338. The van der Waals surface area contributed by atoms with Gasteiger partial charge in [0.1, 0.15) is 11.9 Å². The highest BCUT2D eigenvalue weighted by Gasteiger charge is 2.16. The third kappa shape index (κ3) is 1.56. The van der Waals surface area contributed by atoms with Crippen molar-refractivity contribution in [2.75, 3.05) is 0 Å². The van der Waals surface area contributed by atoms with Crippen molar-refractivity contribution in [1.82, 2.24) is 0 Å². The third-order valence-electron chi connectivity index (χ3n) is 1.12. The average molecular weight is 128 g/mol. The lowest BCUT2D eigenvalue weighted by molar-refractivity contribution is 0.0957. The molecule has 0 aromatic heterocycles. The Morgan fingerprint density at radius 3 is 2.56 bits per heavy atom. The Balaban J connectivity index is 2.70. The summed E-state index contributed by atoms with van der Waals surface area (Å²) in [6, 6.07) is 0. The summed E-state index contributed by atoms with van der Waals surface area (Å²) in [5.41, 5.74) is -0.338. The van der Waals surface area contributed by atoms with Gasteiger partial charge in [0.2, 0.25) is 0 Å². The monoisotopic (exact) mass is 128 g/mol. The van der Waals surface area contributed by atoms with Gasteiger partial charge in [-0.1, -0.05) is 0 Å². The summed E-state index contributed by atoms with van der Waals surface area (Å²) in [6.07, 6.45) is 4.21. The number of ether oxygens (including phenoxy) is 1. The van der Waals surface area contributed by atoms with E-state index in [2.05, 4.69) is 0 Å². The highest BCUT2D eigenvalue weighted by Crippen LogP contribution is 2.19. The highest BCUT2D eigenvalue weighted by atomic mass is 19.1. The molecular weight excluding hydrogens is 119 g/mol. The van der Waals surface area contributed by atoms with Crippen molar-refractivity contribution in [3.05, 3.63) is 24.2 Å². The second kappa shape index (κ2) is 1.87. The van der Waals surface area contributed by atoms with Gasteiger partial charge in [0, 0.05) is 0 Å². The Morgan fingerprint density at radius 1 is 1.56 bits per heavy atom. The van der Waals surface area contributed by atoms with Gasteiger partial charge in [-0.05, 0) is 26.0 Å². The molecule has 1 heterocycles. The van der Waals surface area contributed by atoms with Crippen molar-refractivity contribution in [3.8, 4) is 0 Å². The lowest BCUT2D eigenvalue weighted by Crippen LogP contribution is -2.19. The van der Waals surface area contributed by atoms with Crippen LogP contribution in [0.25, 0.3) is 0 Å². The molecule has 9 heavy (non-hydrogen) atoms. The van der Waals surface area contributed by atoms with E-state index < -0.39 is 0 Å². The Kier molecular flexibility index (Phi) is 1.31. The first kappa shape index (κ1) is 6.33. The molecule has 50 valence electrons. The van der Waals surface area contributed by atoms with E-state index in [0.29, 0.717) is 0 Å². The van der Waals surface area contributed by atoms with E-state index >= 15 is 0 Å². The van der Waals surface area contributed by atoms with Gasteiger partial charge in [-0.15, -0.1) is 0 Å². The molecule has 1 aliphatic heterocycles. The van der Waals surface area contributed by atoms with Crippen LogP contribution in [0.1, 0.15) is 13.8 Å². The van der Waals surface area contributed by atoms with Gasteiger partial charge in [0.15, 0.2) is 5.83 Å². The molecule has 1 rings (SSSR count). The van der Waals surface area contributed by atoms with Crippen LogP contribution in [0.3, 0.4) is 0 Å².